The Morgan fingerprint density at radius 2 is 1.71 bits per heavy atom. The quantitative estimate of drug-likeness (QED) is 0.585. The van der Waals surface area contributed by atoms with E-state index < -0.39 is 0 Å². The van der Waals surface area contributed by atoms with Crippen molar-refractivity contribution in [3.05, 3.63) is 78.1 Å². The van der Waals surface area contributed by atoms with E-state index in [1.54, 1.807) is 0 Å². The Morgan fingerprint density at radius 1 is 1.00 bits per heavy atom. The van der Waals surface area contributed by atoms with Crippen molar-refractivity contribution in [3.63, 3.8) is 0 Å². The number of benzene rings is 2. The molecule has 1 atom stereocenters. The van der Waals surface area contributed by atoms with Gasteiger partial charge in [0.2, 0.25) is 17.8 Å². The second-order valence-corrected chi connectivity index (χ2v) is 7.63. The molecule has 31 heavy (non-hydrogen) atoms. The maximum absolute atomic E-state index is 12.8. The lowest BCUT2D eigenvalue weighted by molar-refractivity contribution is -0.122. The molecule has 1 fully saturated rings. The van der Waals surface area contributed by atoms with Crippen LogP contribution in [0, 0.1) is 0 Å². The van der Waals surface area contributed by atoms with Gasteiger partial charge in [0.1, 0.15) is 12.9 Å². The number of hydrogen-bond acceptors (Lipinski definition) is 5. The van der Waals surface area contributed by atoms with Crippen LogP contribution in [0.25, 0.3) is 0 Å². The molecule has 0 radical (unpaired) electrons. The highest BCUT2D eigenvalue weighted by Crippen LogP contribution is 2.21. The molecule has 4 rings (SSSR count). The molecule has 2 amide bonds. The van der Waals surface area contributed by atoms with E-state index in [9.17, 15) is 9.59 Å². The van der Waals surface area contributed by atoms with Crippen molar-refractivity contribution in [2.45, 2.75) is 38.5 Å². The van der Waals surface area contributed by atoms with Crippen LogP contribution in [0.2, 0.25) is 0 Å². The highest BCUT2D eigenvalue weighted by Gasteiger charge is 2.31. The van der Waals surface area contributed by atoms with Crippen molar-refractivity contribution in [1.29, 1.82) is 0 Å². The van der Waals surface area contributed by atoms with Gasteiger partial charge in [0.15, 0.2) is 0 Å². The van der Waals surface area contributed by atoms with Gasteiger partial charge in [-0.1, -0.05) is 60.7 Å². The van der Waals surface area contributed by atoms with Crippen molar-refractivity contribution >= 4 is 17.8 Å². The maximum atomic E-state index is 12.8. The number of anilines is 1. The van der Waals surface area contributed by atoms with Crippen LogP contribution < -0.4 is 10.6 Å². The molecule has 2 heterocycles. The molecule has 1 aliphatic rings. The van der Waals surface area contributed by atoms with Gasteiger partial charge in [-0.05, 0) is 30.5 Å². The molecule has 0 bridgehead atoms. The minimum Gasteiger partial charge on any atom is -0.350 e. The number of hydrogen-bond donors (Lipinski definition) is 2. The van der Waals surface area contributed by atoms with Crippen LogP contribution in [0.1, 0.15) is 24.0 Å². The number of carbonyl (C=O) groups is 2. The minimum atomic E-state index is -0.207. The van der Waals surface area contributed by atoms with Crippen LogP contribution in [0.5, 0.6) is 0 Å². The zero-order valence-electron chi connectivity index (χ0n) is 17.3. The summed E-state index contributed by atoms with van der Waals surface area (Å²) < 4.78 is 1.42. The first kappa shape index (κ1) is 20.7. The second kappa shape index (κ2) is 9.99. The van der Waals surface area contributed by atoms with Gasteiger partial charge >= 0.3 is 0 Å². The number of nitrogens with zero attached hydrogens (tertiary/aromatic N) is 4. The van der Waals surface area contributed by atoms with Gasteiger partial charge in [-0.2, -0.15) is 0 Å². The average Bonchev–Trinajstić information content (AvgIpc) is 3.43. The third-order valence-corrected chi connectivity index (χ3v) is 5.30. The van der Waals surface area contributed by atoms with E-state index in [0.717, 1.165) is 31.5 Å². The summed E-state index contributed by atoms with van der Waals surface area (Å²) in [5, 5.41) is 9.87. The number of carbonyl (C=O) groups excluding carboxylic acids is 2. The van der Waals surface area contributed by atoms with Gasteiger partial charge in [0, 0.05) is 13.1 Å². The molecule has 0 aliphatic carbocycles. The smallest absolute Gasteiger partial charge is 0.248 e. The molecule has 1 aliphatic heterocycles. The predicted molar refractivity (Wildman–Crippen MR) is 117 cm³/mol. The summed E-state index contributed by atoms with van der Waals surface area (Å²) in [4.78, 5) is 31.2. The monoisotopic (exact) mass is 418 g/mol. The van der Waals surface area contributed by atoms with Crippen LogP contribution in [-0.2, 0) is 29.2 Å². The Bertz CT molecular complexity index is 1010. The fourth-order valence-corrected chi connectivity index (χ4v) is 3.75. The molecule has 160 valence electrons. The first-order chi connectivity index (χ1) is 15.2. The molecule has 8 heteroatoms. The molecule has 1 saturated heterocycles. The minimum absolute atomic E-state index is 0.0409. The topological polar surface area (TPSA) is 92.2 Å². The summed E-state index contributed by atoms with van der Waals surface area (Å²) in [6.45, 7) is 2.12. The fourth-order valence-electron chi connectivity index (χ4n) is 3.75. The summed E-state index contributed by atoms with van der Waals surface area (Å²) in [6, 6.07) is 19.6. The number of aromatic nitrogens is 3. The van der Waals surface area contributed by atoms with E-state index in [-0.39, 0.29) is 30.3 Å². The van der Waals surface area contributed by atoms with Gasteiger partial charge in [0.05, 0.1) is 6.04 Å². The molecule has 2 aromatic carbocycles. The zero-order chi connectivity index (χ0) is 21.5. The van der Waals surface area contributed by atoms with Crippen LogP contribution in [0.3, 0.4) is 0 Å². The van der Waals surface area contributed by atoms with E-state index in [1.807, 2.05) is 48.5 Å². The summed E-state index contributed by atoms with van der Waals surface area (Å²) >= 11 is 0. The Kier molecular flexibility index (Phi) is 6.68. The molecule has 0 spiro atoms. The molecule has 1 aromatic heterocycles. The third kappa shape index (κ3) is 5.76. The summed E-state index contributed by atoms with van der Waals surface area (Å²) in [7, 11) is 0. The van der Waals surface area contributed by atoms with Gasteiger partial charge in [-0.25, -0.2) is 9.67 Å². The first-order valence-electron chi connectivity index (χ1n) is 10.5. The number of likely N-dealkylation sites (tertiary alicyclic amines) is 1. The van der Waals surface area contributed by atoms with Gasteiger partial charge < -0.3 is 5.32 Å². The lowest BCUT2D eigenvalue weighted by Gasteiger charge is -2.23. The van der Waals surface area contributed by atoms with Crippen molar-refractivity contribution in [1.82, 2.24) is 25.0 Å². The lowest BCUT2D eigenvalue weighted by atomic mass is 10.1. The highest BCUT2D eigenvalue weighted by molar-refractivity contribution is 5.93. The Balaban J connectivity index is 1.27. The molecular weight excluding hydrogens is 392 g/mol. The summed E-state index contributed by atoms with van der Waals surface area (Å²) in [5.74, 6) is -0.0661. The Labute approximate surface area is 181 Å². The summed E-state index contributed by atoms with van der Waals surface area (Å²) in [6.07, 6.45) is 3.24. The van der Waals surface area contributed by atoms with Gasteiger partial charge in [-0.3, -0.25) is 19.8 Å². The maximum Gasteiger partial charge on any atom is 0.248 e. The van der Waals surface area contributed by atoms with Crippen molar-refractivity contribution in [2.24, 2.45) is 0 Å². The lowest BCUT2D eigenvalue weighted by Crippen LogP contribution is -2.39. The first-order valence-corrected chi connectivity index (χ1v) is 10.5. The molecule has 2 N–H and O–H groups in total. The Morgan fingerprint density at radius 3 is 2.45 bits per heavy atom. The van der Waals surface area contributed by atoms with E-state index >= 15 is 0 Å². The summed E-state index contributed by atoms with van der Waals surface area (Å²) in [5.41, 5.74) is 2.21. The number of amides is 2. The molecule has 3 aromatic rings. The SMILES string of the molecule is O=C(Cn1cnc(NC(=O)C2CCCN2Cc2ccccc2)n1)NCc1ccccc1. The predicted octanol–water partition coefficient (Wildman–Crippen LogP) is 2.20. The van der Waals surface area contributed by atoms with Crippen LogP contribution in [0.4, 0.5) is 5.95 Å². The van der Waals surface area contributed by atoms with E-state index in [0.29, 0.717) is 6.54 Å². The molecule has 8 nitrogen and oxygen atoms in total. The second-order valence-electron chi connectivity index (χ2n) is 7.63. The van der Waals surface area contributed by atoms with E-state index in [1.165, 1.54) is 16.6 Å². The number of rotatable bonds is 8. The average molecular weight is 419 g/mol. The molecular formula is C23H26N6O2. The van der Waals surface area contributed by atoms with Crippen molar-refractivity contribution in [2.75, 3.05) is 11.9 Å². The van der Waals surface area contributed by atoms with E-state index in [2.05, 4.69) is 37.7 Å². The molecule has 1 unspecified atom stereocenters. The normalized spacial score (nSPS) is 16.2. The van der Waals surface area contributed by atoms with Crippen molar-refractivity contribution in [3.8, 4) is 0 Å². The number of nitrogens with one attached hydrogen (secondary N) is 2. The largest absolute Gasteiger partial charge is 0.350 e. The van der Waals surface area contributed by atoms with Gasteiger partial charge in [0.25, 0.3) is 0 Å². The van der Waals surface area contributed by atoms with Crippen LogP contribution in [-0.4, -0.2) is 44.1 Å². The molecule has 0 saturated carbocycles. The van der Waals surface area contributed by atoms with Crippen LogP contribution >= 0.6 is 0 Å². The standard InChI is InChI=1S/C23H26N6O2/c30-21(24-14-18-8-3-1-4-9-18)16-29-17-25-23(27-29)26-22(31)20-12-7-13-28(20)15-19-10-5-2-6-11-19/h1-6,8-11,17,20H,7,12-16H2,(H,24,30)(H,26,27,31). The van der Waals surface area contributed by atoms with Crippen LogP contribution in [0.15, 0.2) is 67.0 Å². The fraction of sp³-hybridized carbons (Fsp3) is 0.304. The highest BCUT2D eigenvalue weighted by atomic mass is 16.2. The zero-order valence-corrected chi connectivity index (χ0v) is 17.3. The van der Waals surface area contributed by atoms with E-state index in [4.69, 9.17) is 0 Å². The van der Waals surface area contributed by atoms with Gasteiger partial charge in [-0.15, -0.1) is 5.10 Å². The third-order valence-electron chi connectivity index (χ3n) is 5.30. The van der Waals surface area contributed by atoms with Crippen molar-refractivity contribution < 1.29 is 9.59 Å². The Hall–Kier alpha value is -3.52.